The van der Waals surface area contributed by atoms with Crippen LogP contribution in [0.5, 0.6) is 0 Å². The molecular formula is C17H11ClF4N2O2S. The molecule has 0 radical (unpaired) electrons. The summed E-state index contributed by atoms with van der Waals surface area (Å²) in [6, 6.07) is 6.50. The fourth-order valence-corrected chi connectivity index (χ4v) is 3.96. The highest BCUT2D eigenvalue weighted by Gasteiger charge is 2.32. The fraction of sp³-hybridized carbons (Fsp3) is 0.176. The summed E-state index contributed by atoms with van der Waals surface area (Å²) in [5.41, 5.74) is -0.679. The topological polar surface area (TPSA) is 52.0 Å². The van der Waals surface area contributed by atoms with E-state index in [0.29, 0.717) is 0 Å². The van der Waals surface area contributed by atoms with Crippen molar-refractivity contribution in [2.45, 2.75) is 18.0 Å². The molecule has 0 amide bonds. The van der Waals surface area contributed by atoms with Crippen molar-refractivity contribution < 1.29 is 21.8 Å². The van der Waals surface area contributed by atoms with Gasteiger partial charge >= 0.3 is 6.18 Å². The smallest absolute Gasteiger partial charge is 0.268 e. The van der Waals surface area contributed by atoms with E-state index in [9.17, 15) is 26.6 Å². The maximum atomic E-state index is 14.5. The van der Waals surface area contributed by atoms with Gasteiger partial charge in [0.2, 0.25) is 0 Å². The molecule has 1 unspecified atom stereocenters. The molecule has 0 fully saturated rings. The molecule has 0 N–H and O–H groups in total. The van der Waals surface area contributed by atoms with Crippen molar-refractivity contribution >= 4 is 33.3 Å². The maximum absolute atomic E-state index is 14.5. The Hall–Kier alpha value is -2.26. The third-order valence-corrected chi connectivity index (χ3v) is 5.62. The van der Waals surface area contributed by atoms with E-state index < -0.39 is 34.1 Å². The van der Waals surface area contributed by atoms with Crippen LogP contribution in [0.3, 0.4) is 0 Å². The van der Waals surface area contributed by atoms with Gasteiger partial charge in [0, 0.05) is 4.90 Å². The standard InChI is InChI=1S/C17H11ClF4N2O2S/c1-9-5-11(19)13(6-14(9)27(26)7-17(20,21)22)24-8-23-12-4-2-3-10(18)15(12)16(24)25/h2-6,8H,7H2,1H3. The quantitative estimate of drug-likeness (QED) is 0.600. The first-order valence-electron chi connectivity index (χ1n) is 7.50. The highest BCUT2D eigenvalue weighted by Crippen LogP contribution is 2.26. The number of rotatable bonds is 3. The summed E-state index contributed by atoms with van der Waals surface area (Å²) < 4.78 is 65.0. The van der Waals surface area contributed by atoms with Gasteiger partial charge in [-0.25, -0.2) is 9.37 Å². The summed E-state index contributed by atoms with van der Waals surface area (Å²) in [5, 5.41) is 0.146. The Morgan fingerprint density at radius 2 is 1.96 bits per heavy atom. The molecule has 0 aliphatic heterocycles. The number of benzene rings is 2. The number of hydrogen-bond acceptors (Lipinski definition) is 3. The number of fused-ring (bicyclic) bond motifs is 1. The lowest BCUT2D eigenvalue weighted by Crippen LogP contribution is -2.22. The van der Waals surface area contributed by atoms with Crippen LogP contribution in [0.4, 0.5) is 17.6 Å². The molecule has 2 aromatic carbocycles. The third kappa shape index (κ3) is 3.89. The van der Waals surface area contributed by atoms with Gasteiger partial charge in [0.05, 0.1) is 32.4 Å². The van der Waals surface area contributed by atoms with Gasteiger partial charge in [0.1, 0.15) is 17.9 Å². The first-order chi connectivity index (χ1) is 12.6. The first kappa shape index (κ1) is 19.5. The molecule has 142 valence electrons. The van der Waals surface area contributed by atoms with E-state index in [2.05, 4.69) is 4.98 Å². The lowest BCUT2D eigenvalue weighted by Gasteiger charge is -2.13. The normalized spacial score (nSPS) is 13.1. The van der Waals surface area contributed by atoms with E-state index >= 15 is 0 Å². The Balaban J connectivity index is 2.21. The Morgan fingerprint density at radius 1 is 1.26 bits per heavy atom. The zero-order valence-electron chi connectivity index (χ0n) is 13.7. The van der Waals surface area contributed by atoms with Crippen LogP contribution in [0.1, 0.15) is 5.56 Å². The molecule has 1 heterocycles. The molecular weight excluding hydrogens is 408 g/mol. The molecule has 0 saturated carbocycles. The minimum Gasteiger partial charge on any atom is -0.268 e. The van der Waals surface area contributed by atoms with Crippen LogP contribution >= 0.6 is 11.6 Å². The van der Waals surface area contributed by atoms with E-state index in [-0.39, 0.29) is 32.1 Å². The second-order valence-electron chi connectivity index (χ2n) is 5.73. The van der Waals surface area contributed by atoms with Crippen LogP contribution in [0.25, 0.3) is 16.6 Å². The maximum Gasteiger partial charge on any atom is 0.400 e. The minimum atomic E-state index is -4.65. The van der Waals surface area contributed by atoms with E-state index in [1.807, 2.05) is 0 Å². The van der Waals surface area contributed by atoms with Crippen molar-refractivity contribution in [1.29, 1.82) is 0 Å². The molecule has 3 aromatic rings. The second kappa shape index (κ2) is 7.05. The fourth-order valence-electron chi connectivity index (χ4n) is 2.59. The summed E-state index contributed by atoms with van der Waals surface area (Å²) >= 11 is 6.02. The molecule has 4 nitrogen and oxygen atoms in total. The molecule has 27 heavy (non-hydrogen) atoms. The largest absolute Gasteiger partial charge is 0.400 e. The highest BCUT2D eigenvalue weighted by molar-refractivity contribution is 7.85. The van der Waals surface area contributed by atoms with E-state index in [0.717, 1.165) is 23.0 Å². The summed E-state index contributed by atoms with van der Waals surface area (Å²) in [6.45, 7) is 1.34. The van der Waals surface area contributed by atoms with Gasteiger partial charge in [-0.3, -0.25) is 13.6 Å². The average molecular weight is 419 g/mol. The molecule has 1 atom stereocenters. The molecule has 10 heteroatoms. The van der Waals surface area contributed by atoms with Crippen molar-refractivity contribution in [3.63, 3.8) is 0 Å². The summed E-state index contributed by atoms with van der Waals surface area (Å²) in [4.78, 5) is 16.5. The lowest BCUT2D eigenvalue weighted by atomic mass is 10.2. The Labute approximate surface area is 157 Å². The van der Waals surface area contributed by atoms with Crippen molar-refractivity contribution in [2.24, 2.45) is 0 Å². The van der Waals surface area contributed by atoms with Crippen LogP contribution in [0, 0.1) is 12.7 Å². The Morgan fingerprint density at radius 3 is 2.63 bits per heavy atom. The molecule has 0 spiro atoms. The monoisotopic (exact) mass is 418 g/mol. The molecule has 1 aromatic heterocycles. The summed E-state index contributed by atoms with van der Waals surface area (Å²) in [7, 11) is -2.45. The van der Waals surface area contributed by atoms with Gasteiger partial charge in [0.25, 0.3) is 5.56 Å². The number of halogens is 5. The van der Waals surface area contributed by atoms with Crippen molar-refractivity contribution in [2.75, 3.05) is 5.75 Å². The number of aryl methyl sites for hydroxylation is 1. The van der Waals surface area contributed by atoms with Crippen LogP contribution < -0.4 is 5.56 Å². The van der Waals surface area contributed by atoms with E-state index in [4.69, 9.17) is 11.6 Å². The summed E-state index contributed by atoms with van der Waals surface area (Å²) in [5.74, 6) is -2.44. The number of nitrogens with zero attached hydrogens (tertiary/aromatic N) is 2. The zero-order valence-corrected chi connectivity index (χ0v) is 15.3. The van der Waals surface area contributed by atoms with E-state index in [1.54, 1.807) is 12.1 Å². The van der Waals surface area contributed by atoms with Gasteiger partial charge in [-0.1, -0.05) is 17.7 Å². The zero-order chi connectivity index (χ0) is 19.9. The van der Waals surface area contributed by atoms with Crippen molar-refractivity contribution in [3.8, 4) is 5.69 Å². The Bertz CT molecular complexity index is 1130. The minimum absolute atomic E-state index is 0.0413. The lowest BCUT2D eigenvalue weighted by molar-refractivity contribution is -0.105. The van der Waals surface area contributed by atoms with Gasteiger partial charge in [0.15, 0.2) is 0 Å². The van der Waals surface area contributed by atoms with Gasteiger partial charge < -0.3 is 0 Å². The third-order valence-electron chi connectivity index (χ3n) is 3.78. The first-order valence-corrected chi connectivity index (χ1v) is 9.19. The molecule has 0 bridgehead atoms. The van der Waals surface area contributed by atoms with Crippen LogP contribution in [-0.2, 0) is 10.8 Å². The SMILES string of the molecule is Cc1cc(F)c(-n2cnc3cccc(Cl)c3c2=O)cc1S(=O)CC(F)(F)F. The van der Waals surface area contributed by atoms with Gasteiger partial charge in [-0.15, -0.1) is 0 Å². The molecule has 3 rings (SSSR count). The van der Waals surface area contributed by atoms with Gasteiger partial charge in [-0.2, -0.15) is 13.2 Å². The predicted molar refractivity (Wildman–Crippen MR) is 94.4 cm³/mol. The van der Waals surface area contributed by atoms with E-state index in [1.165, 1.54) is 13.0 Å². The van der Waals surface area contributed by atoms with Crippen LogP contribution in [-0.4, -0.2) is 25.7 Å². The summed E-state index contributed by atoms with van der Waals surface area (Å²) in [6.07, 6.45) is -3.61. The average Bonchev–Trinajstić information content (AvgIpc) is 2.54. The molecule has 0 aliphatic carbocycles. The number of hydrogen-bond donors (Lipinski definition) is 0. The molecule has 0 saturated heterocycles. The second-order valence-corrected chi connectivity index (χ2v) is 7.55. The van der Waals surface area contributed by atoms with Crippen LogP contribution in [0.2, 0.25) is 5.02 Å². The number of aromatic nitrogens is 2. The van der Waals surface area contributed by atoms with Gasteiger partial charge in [-0.05, 0) is 36.8 Å². The number of alkyl halides is 3. The predicted octanol–water partition coefficient (Wildman–Crippen LogP) is 4.16. The Kier molecular flexibility index (Phi) is 5.09. The molecule has 0 aliphatic rings. The highest BCUT2D eigenvalue weighted by atomic mass is 35.5. The van der Waals surface area contributed by atoms with Crippen molar-refractivity contribution in [1.82, 2.24) is 9.55 Å². The van der Waals surface area contributed by atoms with Crippen LogP contribution in [0.15, 0.2) is 46.3 Å². The van der Waals surface area contributed by atoms with Crippen molar-refractivity contribution in [3.05, 3.63) is 63.4 Å².